The van der Waals surface area contributed by atoms with Gasteiger partial charge in [-0.2, -0.15) is 0 Å². The average Bonchev–Trinajstić information content (AvgIpc) is 3.24. The molecule has 0 spiro atoms. The molecule has 2 aromatic carbocycles. The number of anilines is 2. The van der Waals surface area contributed by atoms with Crippen molar-refractivity contribution in [1.29, 1.82) is 0 Å². The molecule has 0 bridgehead atoms. The first-order valence-electron chi connectivity index (χ1n) is 8.96. The van der Waals surface area contributed by atoms with Crippen LogP contribution < -0.4 is 9.62 Å². The number of sulfonamides is 1. The second-order valence-corrected chi connectivity index (χ2v) is 10.1. The number of halogens is 1. The number of hydrogen-bond donors (Lipinski definition) is 1. The van der Waals surface area contributed by atoms with Crippen LogP contribution in [0.15, 0.2) is 63.8 Å². The molecule has 1 aromatic heterocycles. The summed E-state index contributed by atoms with van der Waals surface area (Å²) in [5.41, 5.74) is 0.122. The highest BCUT2D eigenvalue weighted by atomic mass is 32.2. The van der Waals surface area contributed by atoms with E-state index >= 15 is 0 Å². The molecule has 0 atom stereocenters. The van der Waals surface area contributed by atoms with Gasteiger partial charge in [0.05, 0.1) is 23.4 Å². The molecule has 0 saturated heterocycles. The van der Waals surface area contributed by atoms with E-state index in [1.165, 1.54) is 31.4 Å². The van der Waals surface area contributed by atoms with E-state index in [0.29, 0.717) is 4.34 Å². The zero-order valence-electron chi connectivity index (χ0n) is 16.6. The van der Waals surface area contributed by atoms with Gasteiger partial charge in [0.2, 0.25) is 11.0 Å². The lowest BCUT2D eigenvalue weighted by atomic mass is 10.3. The van der Waals surface area contributed by atoms with E-state index in [1.54, 1.807) is 18.2 Å². The monoisotopic (exact) mass is 496 g/mol. The standard InChI is InChI=1S/C19H17FN4O5S3/c1-29-17(26)12-30-19-23-22-18(31-19)21-16(25)11-24(14-9-7-13(20)8-10-14)32(27,28)15-5-3-2-4-6-15/h2-10H,11-12H2,1H3,(H,21,22,25). The largest absolute Gasteiger partial charge is 0.468 e. The lowest BCUT2D eigenvalue weighted by Crippen LogP contribution is -2.38. The van der Waals surface area contributed by atoms with E-state index in [0.717, 1.165) is 39.5 Å². The van der Waals surface area contributed by atoms with Gasteiger partial charge in [0, 0.05) is 0 Å². The van der Waals surface area contributed by atoms with Crippen LogP contribution in [0.2, 0.25) is 0 Å². The number of methoxy groups -OCH3 is 1. The first kappa shape index (κ1) is 23.6. The van der Waals surface area contributed by atoms with Crippen LogP contribution in [0.4, 0.5) is 15.2 Å². The topological polar surface area (TPSA) is 119 Å². The minimum absolute atomic E-state index is 0.0189. The summed E-state index contributed by atoms with van der Waals surface area (Å²) in [6.45, 7) is -0.576. The molecule has 3 rings (SSSR count). The van der Waals surface area contributed by atoms with Crippen molar-refractivity contribution in [2.45, 2.75) is 9.24 Å². The molecule has 1 amide bonds. The maximum absolute atomic E-state index is 13.4. The molecule has 0 radical (unpaired) electrons. The molecule has 0 saturated carbocycles. The van der Waals surface area contributed by atoms with Crippen molar-refractivity contribution in [1.82, 2.24) is 10.2 Å². The number of hydrogen-bond acceptors (Lipinski definition) is 9. The molecule has 32 heavy (non-hydrogen) atoms. The van der Waals surface area contributed by atoms with Crippen LogP contribution in [0.5, 0.6) is 0 Å². The minimum Gasteiger partial charge on any atom is -0.468 e. The third kappa shape index (κ3) is 6.02. The van der Waals surface area contributed by atoms with Crippen molar-refractivity contribution < 1.29 is 27.1 Å². The van der Waals surface area contributed by atoms with Gasteiger partial charge in [-0.15, -0.1) is 10.2 Å². The smallest absolute Gasteiger partial charge is 0.316 e. The number of esters is 1. The Hall–Kier alpha value is -3.03. The fourth-order valence-corrected chi connectivity index (χ4v) is 5.47. The number of carbonyl (C=O) groups is 2. The van der Waals surface area contributed by atoms with Gasteiger partial charge in [0.15, 0.2) is 4.34 Å². The van der Waals surface area contributed by atoms with E-state index in [2.05, 4.69) is 20.3 Å². The number of thioether (sulfide) groups is 1. The molecule has 9 nitrogen and oxygen atoms in total. The Labute approximate surface area is 191 Å². The van der Waals surface area contributed by atoms with Crippen LogP contribution in [0.25, 0.3) is 0 Å². The van der Waals surface area contributed by atoms with Crippen molar-refractivity contribution in [2.24, 2.45) is 0 Å². The lowest BCUT2D eigenvalue weighted by Gasteiger charge is -2.23. The molecule has 1 heterocycles. The maximum Gasteiger partial charge on any atom is 0.316 e. The van der Waals surface area contributed by atoms with Gasteiger partial charge in [-0.1, -0.05) is 41.3 Å². The number of nitrogens with one attached hydrogen (secondary N) is 1. The fraction of sp³-hybridized carbons (Fsp3) is 0.158. The first-order chi connectivity index (χ1) is 15.3. The predicted octanol–water partition coefficient (Wildman–Crippen LogP) is 2.78. The number of aromatic nitrogens is 2. The lowest BCUT2D eigenvalue weighted by molar-refractivity contribution is -0.137. The van der Waals surface area contributed by atoms with Gasteiger partial charge >= 0.3 is 5.97 Å². The van der Waals surface area contributed by atoms with Crippen LogP contribution >= 0.6 is 23.1 Å². The van der Waals surface area contributed by atoms with E-state index < -0.39 is 34.3 Å². The van der Waals surface area contributed by atoms with Gasteiger partial charge in [0.1, 0.15) is 12.4 Å². The predicted molar refractivity (Wildman–Crippen MR) is 119 cm³/mol. The minimum atomic E-state index is -4.11. The number of carbonyl (C=O) groups excluding carboxylic acids is 2. The second-order valence-electron chi connectivity index (χ2n) is 6.09. The Morgan fingerprint density at radius 1 is 1.12 bits per heavy atom. The summed E-state index contributed by atoms with van der Waals surface area (Å²) in [7, 11) is -2.84. The molecule has 3 aromatic rings. The molecule has 0 aliphatic rings. The van der Waals surface area contributed by atoms with Crippen LogP contribution in [0, 0.1) is 5.82 Å². The van der Waals surface area contributed by atoms with Crippen LogP contribution in [0.1, 0.15) is 0 Å². The third-order valence-electron chi connectivity index (χ3n) is 3.93. The summed E-state index contributed by atoms with van der Waals surface area (Å²) in [5, 5.41) is 10.3. The van der Waals surface area contributed by atoms with Crippen molar-refractivity contribution in [3.05, 3.63) is 60.4 Å². The second kappa shape index (κ2) is 10.5. The van der Waals surface area contributed by atoms with Crippen molar-refractivity contribution in [2.75, 3.05) is 29.0 Å². The summed E-state index contributed by atoms with van der Waals surface area (Å²) in [6.07, 6.45) is 0. The number of amides is 1. The van der Waals surface area contributed by atoms with Crippen molar-refractivity contribution in [3.63, 3.8) is 0 Å². The number of nitrogens with zero attached hydrogens (tertiary/aromatic N) is 3. The summed E-state index contributed by atoms with van der Waals surface area (Å²) in [6, 6.07) is 12.4. The van der Waals surface area contributed by atoms with Gasteiger partial charge in [-0.25, -0.2) is 12.8 Å². The number of benzene rings is 2. The summed E-state index contributed by atoms with van der Waals surface area (Å²) in [5.74, 6) is -1.61. The third-order valence-corrected chi connectivity index (χ3v) is 7.66. The number of rotatable bonds is 9. The van der Waals surface area contributed by atoms with Gasteiger partial charge in [-0.05, 0) is 36.4 Å². The van der Waals surface area contributed by atoms with Gasteiger partial charge in [-0.3, -0.25) is 19.2 Å². The number of ether oxygens (including phenoxy) is 1. The zero-order chi connectivity index (χ0) is 23.1. The Bertz CT molecular complexity index is 1190. The Balaban J connectivity index is 1.78. The van der Waals surface area contributed by atoms with E-state index in [9.17, 15) is 22.4 Å². The van der Waals surface area contributed by atoms with E-state index in [4.69, 9.17) is 0 Å². The molecular weight excluding hydrogens is 479 g/mol. The normalized spacial score (nSPS) is 11.1. The van der Waals surface area contributed by atoms with Gasteiger partial charge in [0.25, 0.3) is 10.0 Å². The van der Waals surface area contributed by atoms with Crippen LogP contribution in [-0.2, 0) is 24.3 Å². The molecule has 13 heteroatoms. The summed E-state index contributed by atoms with van der Waals surface area (Å²) < 4.78 is 45.6. The Morgan fingerprint density at radius 2 is 1.81 bits per heavy atom. The van der Waals surface area contributed by atoms with Crippen molar-refractivity contribution in [3.8, 4) is 0 Å². The molecule has 1 N–H and O–H groups in total. The van der Waals surface area contributed by atoms with Crippen LogP contribution in [0.3, 0.4) is 0 Å². The Kier molecular flexibility index (Phi) is 7.77. The molecule has 0 fully saturated rings. The zero-order valence-corrected chi connectivity index (χ0v) is 19.0. The van der Waals surface area contributed by atoms with E-state index in [1.807, 2.05) is 0 Å². The molecule has 0 aliphatic heterocycles. The first-order valence-corrected chi connectivity index (χ1v) is 12.2. The Morgan fingerprint density at radius 3 is 2.47 bits per heavy atom. The molecule has 0 aliphatic carbocycles. The van der Waals surface area contributed by atoms with Crippen LogP contribution in [-0.4, -0.2) is 49.9 Å². The highest BCUT2D eigenvalue weighted by Gasteiger charge is 2.27. The highest BCUT2D eigenvalue weighted by Crippen LogP contribution is 2.27. The van der Waals surface area contributed by atoms with Crippen molar-refractivity contribution >= 4 is 55.8 Å². The molecular formula is C19H17FN4O5S3. The maximum atomic E-state index is 13.4. The summed E-state index contributed by atoms with van der Waals surface area (Å²) in [4.78, 5) is 23.8. The molecule has 168 valence electrons. The average molecular weight is 497 g/mol. The SMILES string of the molecule is COC(=O)CSc1nnc(NC(=O)CN(c2ccc(F)cc2)S(=O)(=O)c2ccccc2)s1. The van der Waals surface area contributed by atoms with E-state index in [-0.39, 0.29) is 21.5 Å². The quantitative estimate of drug-likeness (QED) is 0.273. The molecule has 0 unspecified atom stereocenters. The fourth-order valence-electron chi connectivity index (χ4n) is 2.43. The highest BCUT2D eigenvalue weighted by molar-refractivity contribution is 8.01. The summed E-state index contributed by atoms with van der Waals surface area (Å²) >= 11 is 2.12. The van der Waals surface area contributed by atoms with Gasteiger partial charge < -0.3 is 4.74 Å².